The van der Waals surface area contributed by atoms with Gasteiger partial charge in [-0.15, -0.1) is 25.2 Å². The maximum Gasteiger partial charge on any atom is 3.00 e. The topological polar surface area (TPSA) is 0 Å². The van der Waals surface area contributed by atoms with Gasteiger partial charge in [0, 0.05) is 0 Å². The van der Waals surface area contributed by atoms with Crippen molar-refractivity contribution in [3.05, 3.63) is 61.8 Å². The molecule has 14 heavy (non-hydrogen) atoms. The fourth-order valence-corrected chi connectivity index (χ4v) is 0.680. The number of rotatable bonds is 0. The van der Waals surface area contributed by atoms with E-state index in [4.69, 9.17) is 0 Å². The second-order valence-electron chi connectivity index (χ2n) is 2.01. The maximum atomic E-state index is 4.25. The van der Waals surface area contributed by atoms with E-state index in [0.717, 1.165) is 12.8 Å². The van der Waals surface area contributed by atoms with Crippen molar-refractivity contribution in [1.29, 1.82) is 0 Å². The van der Waals surface area contributed by atoms with Crippen LogP contribution in [0, 0.1) is 18.7 Å². The molecule has 0 atom stereocenters. The van der Waals surface area contributed by atoms with Crippen molar-refractivity contribution in [2.24, 2.45) is 0 Å². The molecule has 0 aromatic carbocycles. The quantitative estimate of drug-likeness (QED) is 0.596. The first-order valence-electron chi connectivity index (χ1n) is 3.84. The van der Waals surface area contributed by atoms with E-state index < -0.39 is 0 Å². The largest absolute Gasteiger partial charge is 3.00 e. The molecule has 2 heteroatoms. The van der Waals surface area contributed by atoms with Crippen LogP contribution in [-0.4, -0.2) is 0 Å². The van der Waals surface area contributed by atoms with Crippen LogP contribution >= 0.6 is 12.4 Å². The number of hydrogen-bond donors (Lipinski definition) is 0. The molecule has 0 bridgehead atoms. The second kappa shape index (κ2) is 18.6. The first kappa shape index (κ1) is 19.4. The van der Waals surface area contributed by atoms with Crippen molar-refractivity contribution in [1.82, 2.24) is 0 Å². The van der Waals surface area contributed by atoms with Crippen LogP contribution in [-0.2, 0) is 26.2 Å². The van der Waals surface area contributed by atoms with Gasteiger partial charge in [-0.3, -0.25) is 18.7 Å². The average molecular weight is 285 g/mol. The van der Waals surface area contributed by atoms with Gasteiger partial charge in [-0.05, 0) is 0 Å². The zero-order valence-electron chi connectivity index (χ0n) is 8.07. The van der Waals surface area contributed by atoms with Crippen molar-refractivity contribution in [3.8, 4) is 0 Å². The molecule has 0 heterocycles. The molecule has 0 unspecified atom stereocenters. The van der Waals surface area contributed by atoms with Crippen molar-refractivity contribution >= 4 is 12.4 Å². The van der Waals surface area contributed by atoms with Gasteiger partial charge in [0.1, 0.15) is 0 Å². The van der Waals surface area contributed by atoms with E-state index in [9.17, 15) is 0 Å². The van der Waals surface area contributed by atoms with E-state index in [1.807, 2.05) is 24.3 Å². The van der Waals surface area contributed by atoms with Crippen LogP contribution in [0.25, 0.3) is 0 Å². The minimum absolute atomic E-state index is 0. The summed E-state index contributed by atoms with van der Waals surface area (Å²) in [5, 5.41) is 0. The zero-order chi connectivity index (χ0) is 9.07. The Kier molecular flexibility index (Phi) is 25.9. The molecule has 73 valence electrons. The summed E-state index contributed by atoms with van der Waals surface area (Å²) in [5.41, 5.74) is 0. The molecule has 0 aromatic rings. The zero-order valence-corrected chi connectivity index (χ0v) is 11.3. The fourth-order valence-electron chi connectivity index (χ4n) is 0.680. The monoisotopic (exact) mass is 283 g/mol. The standard InChI is InChI=1S/2C5H5.C2H3.ClH.Zr/c2*1-2-4-5-3-1;1-2;;/h2*1-3H,4H2;1H,2H2;1H;/q3*-1;;+3. The van der Waals surface area contributed by atoms with Crippen LogP contribution in [0.3, 0.4) is 0 Å². The van der Waals surface area contributed by atoms with E-state index in [2.05, 4.69) is 37.5 Å². The number of hydrogen-bond acceptors (Lipinski definition) is 0. The molecule has 0 saturated carbocycles. The number of allylic oxidation sites excluding steroid dienone is 8. The van der Waals surface area contributed by atoms with Crippen LogP contribution in [0.2, 0.25) is 0 Å². The Labute approximate surface area is 113 Å². The van der Waals surface area contributed by atoms with Gasteiger partial charge in [0.15, 0.2) is 0 Å². The first-order chi connectivity index (χ1) is 6.00. The van der Waals surface area contributed by atoms with Crippen LogP contribution in [0.4, 0.5) is 0 Å². The van der Waals surface area contributed by atoms with Gasteiger partial charge in [-0.1, -0.05) is 0 Å². The molecule has 0 nitrogen and oxygen atoms in total. The Morgan fingerprint density at radius 1 is 0.929 bits per heavy atom. The van der Waals surface area contributed by atoms with Crippen LogP contribution in [0.5, 0.6) is 0 Å². The molecule has 0 amide bonds. The molecule has 0 saturated heterocycles. The summed E-state index contributed by atoms with van der Waals surface area (Å²) in [5.74, 6) is 0. The van der Waals surface area contributed by atoms with Gasteiger partial charge in [-0.25, -0.2) is 24.3 Å². The van der Waals surface area contributed by atoms with Crippen molar-refractivity contribution in [2.45, 2.75) is 12.8 Å². The predicted octanol–water partition coefficient (Wildman–Crippen LogP) is 3.64. The van der Waals surface area contributed by atoms with Gasteiger partial charge >= 0.3 is 26.2 Å². The minimum Gasteiger partial charge on any atom is -0.521 e. The third-order valence-electron chi connectivity index (χ3n) is 1.17. The summed E-state index contributed by atoms with van der Waals surface area (Å²) < 4.78 is 0. The predicted molar refractivity (Wildman–Crippen MR) is 60.3 cm³/mol. The second-order valence-corrected chi connectivity index (χ2v) is 2.01. The summed E-state index contributed by atoms with van der Waals surface area (Å²) in [7, 11) is 0. The molecule has 0 spiro atoms. The Morgan fingerprint density at radius 2 is 1.29 bits per heavy atom. The summed E-state index contributed by atoms with van der Waals surface area (Å²) in [4.78, 5) is 0. The first-order valence-corrected chi connectivity index (χ1v) is 3.84. The van der Waals surface area contributed by atoms with E-state index in [0.29, 0.717) is 0 Å². The third kappa shape index (κ3) is 14.4. The van der Waals surface area contributed by atoms with E-state index in [1.54, 1.807) is 0 Å². The Balaban J connectivity index is -0.000000131. The molecule has 2 aliphatic rings. The van der Waals surface area contributed by atoms with Gasteiger partial charge in [-0.2, -0.15) is 12.2 Å². The van der Waals surface area contributed by atoms with Crippen LogP contribution in [0.1, 0.15) is 12.8 Å². The molecular weight excluding hydrogens is 271 g/mol. The summed E-state index contributed by atoms with van der Waals surface area (Å²) in [6.07, 6.45) is 20.0. The molecule has 2 aliphatic carbocycles. The average Bonchev–Trinajstić information content (AvgIpc) is 2.87. The molecule has 0 N–H and O–H groups in total. The smallest absolute Gasteiger partial charge is 0.521 e. The summed E-state index contributed by atoms with van der Waals surface area (Å²) in [6.45, 7) is 7.00. The van der Waals surface area contributed by atoms with Gasteiger partial charge < -0.3 is 6.58 Å². The molecule has 1 radical (unpaired) electrons. The third-order valence-corrected chi connectivity index (χ3v) is 1.17. The Bertz CT molecular complexity index is 160. The van der Waals surface area contributed by atoms with E-state index >= 15 is 0 Å². The molecule has 0 aliphatic heterocycles. The van der Waals surface area contributed by atoms with Gasteiger partial charge in [0.25, 0.3) is 0 Å². The minimum atomic E-state index is 0. The van der Waals surface area contributed by atoms with Crippen LogP contribution < -0.4 is 0 Å². The Hall–Kier alpha value is -0.127. The summed E-state index contributed by atoms with van der Waals surface area (Å²) in [6, 6.07) is 0. The molecular formula is C12H14ClZr. The maximum absolute atomic E-state index is 4.25. The fraction of sp³-hybridized carbons (Fsp3) is 0.167. The normalized spacial score (nSPS) is 12.9. The van der Waals surface area contributed by atoms with Crippen molar-refractivity contribution in [3.63, 3.8) is 0 Å². The summed E-state index contributed by atoms with van der Waals surface area (Å²) >= 11 is 0. The van der Waals surface area contributed by atoms with Gasteiger partial charge in [0.2, 0.25) is 0 Å². The van der Waals surface area contributed by atoms with Crippen molar-refractivity contribution in [2.75, 3.05) is 0 Å². The molecule has 2 rings (SSSR count). The SMILES string of the molecule is Cl.[C-]1=CC=CC1.[C-]1=CC=CC1.[CH-]=C.[Zr+3]. The van der Waals surface area contributed by atoms with E-state index in [1.165, 1.54) is 0 Å². The number of halogens is 1. The molecule has 0 aromatic heterocycles. The van der Waals surface area contributed by atoms with Crippen molar-refractivity contribution < 1.29 is 26.2 Å². The Morgan fingerprint density at radius 3 is 1.36 bits per heavy atom. The van der Waals surface area contributed by atoms with Crippen LogP contribution in [0.15, 0.2) is 43.0 Å². The van der Waals surface area contributed by atoms with E-state index in [-0.39, 0.29) is 38.6 Å². The molecule has 0 fully saturated rings. The van der Waals surface area contributed by atoms with Gasteiger partial charge in [0.05, 0.1) is 0 Å².